The van der Waals surface area contributed by atoms with E-state index in [0.717, 1.165) is 0 Å². The van der Waals surface area contributed by atoms with Crippen molar-refractivity contribution < 1.29 is 118 Å². The molecule has 0 bridgehead atoms. The summed E-state index contributed by atoms with van der Waals surface area (Å²) in [7, 11) is 0. The summed E-state index contributed by atoms with van der Waals surface area (Å²) < 4.78 is 23.7. The predicted octanol–water partition coefficient (Wildman–Crippen LogP) is -10.3. The molecule has 2 heterocycles. The first kappa shape index (κ1) is 52.7. The molecule has 0 saturated carbocycles. The van der Waals surface area contributed by atoms with Gasteiger partial charge in [-0.1, -0.05) is 0 Å². The summed E-state index contributed by atoms with van der Waals surface area (Å²) in [6.07, 6.45) is -7.69. The van der Waals surface area contributed by atoms with Gasteiger partial charge in [-0.15, -0.1) is 0 Å². The first-order valence-electron chi connectivity index (χ1n) is 18.4. The van der Waals surface area contributed by atoms with E-state index in [-0.39, 0.29) is 31.2 Å². The molecule has 2 aliphatic rings. The average Bonchev–Trinajstić information content (AvgIpc) is 3.17. The molecule has 14 N–H and O–H groups in total. The fraction of sp³-hybridized carbons (Fsp3) is 0.812. The number of rotatable bonds is 25. The number of hydrogen-bond acceptors (Lipinski definition) is 17. The number of aliphatic hydroxyl groups is 6. The molecule has 0 aromatic carbocycles. The molecule has 0 aliphatic carbocycles. The van der Waals surface area contributed by atoms with Gasteiger partial charge in [0.1, 0.15) is 0 Å². The van der Waals surface area contributed by atoms with Crippen molar-refractivity contribution in [3.05, 3.63) is 0 Å². The van der Waals surface area contributed by atoms with Gasteiger partial charge in [-0.05, 0) is 0 Å². The summed E-state index contributed by atoms with van der Waals surface area (Å²) >= 11 is -1.57. The summed E-state index contributed by atoms with van der Waals surface area (Å²) in [5, 5.41) is 72.9. The number of carbonyl (C=O) groups excluding carboxylic acids is 6. The van der Waals surface area contributed by atoms with Crippen molar-refractivity contribution in [1.29, 1.82) is 0 Å². The average molecular weight is 1180 g/mol. The monoisotopic (exact) mass is 1180 g/mol. The van der Waals surface area contributed by atoms with Crippen molar-refractivity contribution in [1.82, 2.24) is 30.1 Å². The number of ether oxygens (including phenoxy) is 2. The molecule has 2 fully saturated rings. The minimum absolute atomic E-state index is 0.00251. The molecule has 2 aliphatic heterocycles. The van der Waals surface area contributed by atoms with Crippen molar-refractivity contribution in [2.24, 2.45) is 5.73 Å². The maximum absolute atomic E-state index is 12.8. The molecular weight excluding hydrogens is 1120 g/mol. The summed E-state index contributed by atoms with van der Waals surface area (Å²) in [6, 6.07) is -3.29. The van der Waals surface area contributed by atoms with E-state index in [1.165, 1.54) is 13.8 Å². The van der Waals surface area contributed by atoms with Crippen molar-refractivity contribution in [2.75, 3.05) is 26.3 Å². The van der Waals surface area contributed by atoms with E-state index in [1.54, 1.807) is 22.9 Å². The fourth-order valence-corrected chi connectivity index (χ4v) is 8.76. The van der Waals surface area contributed by atoms with E-state index < -0.39 is 149 Å². The van der Waals surface area contributed by atoms with Gasteiger partial charge in [0.25, 0.3) is 0 Å². The van der Waals surface area contributed by atoms with Crippen LogP contribution in [0.3, 0.4) is 0 Å². The second-order valence-electron chi connectivity index (χ2n) is 13.5. The number of halogens is 3. The SMILES string of the molecule is CC(=O)N[C@H]1[C@H](O[I-]C(=O)NCCCCC(N)CC(=O)NC(CCCCNC(=O)[I-]O[C@@H]2O[C@H](CO)[C@H](O)[C@H](O)[C@H]2NC(C)=O)CC(=O)NI)O[C@H](CO)[C@H](O)[C@@H]1O. The number of amides is 6. The molecule has 12 atom stereocenters. The summed E-state index contributed by atoms with van der Waals surface area (Å²) in [5.74, 6) is -1.66. The molecule has 2 unspecified atom stereocenters. The molecule has 0 aromatic rings. The van der Waals surface area contributed by atoms with Crippen molar-refractivity contribution in [3.63, 3.8) is 0 Å². The van der Waals surface area contributed by atoms with Gasteiger partial charge in [-0.2, -0.15) is 0 Å². The van der Waals surface area contributed by atoms with Crippen LogP contribution in [0.2, 0.25) is 0 Å². The Kier molecular flexibility index (Phi) is 25.6. The second kappa shape index (κ2) is 28.2. The van der Waals surface area contributed by atoms with Gasteiger partial charge in [0.05, 0.1) is 0 Å². The van der Waals surface area contributed by atoms with Crippen LogP contribution in [0.4, 0.5) is 9.59 Å². The molecule has 0 aromatic heterocycles. The molecule has 0 spiro atoms. The van der Waals surface area contributed by atoms with Crippen LogP contribution >= 0.6 is 22.9 Å². The van der Waals surface area contributed by atoms with Gasteiger partial charge >= 0.3 is 373 Å². The van der Waals surface area contributed by atoms with Gasteiger partial charge < -0.3 is 0 Å². The van der Waals surface area contributed by atoms with E-state index in [2.05, 4.69) is 30.1 Å². The van der Waals surface area contributed by atoms with Crippen LogP contribution in [0.25, 0.3) is 0 Å². The molecule has 58 heavy (non-hydrogen) atoms. The topological polar surface area (TPSA) is 359 Å². The summed E-state index contributed by atoms with van der Waals surface area (Å²) in [6.45, 7) is 1.72. The quantitative estimate of drug-likeness (QED) is 0.0133. The zero-order chi connectivity index (χ0) is 43.4. The Morgan fingerprint density at radius 3 is 1.55 bits per heavy atom. The summed E-state index contributed by atoms with van der Waals surface area (Å²) in [4.78, 5) is 72.9. The van der Waals surface area contributed by atoms with Crippen LogP contribution in [0.1, 0.15) is 65.2 Å². The first-order chi connectivity index (χ1) is 27.5. The Morgan fingerprint density at radius 2 is 1.14 bits per heavy atom. The number of hydrogen-bond donors (Lipinski definition) is 13. The maximum atomic E-state index is 12.8. The molecular formula is C32H56I3N7O16-2. The Morgan fingerprint density at radius 1 is 0.690 bits per heavy atom. The molecule has 23 nitrogen and oxygen atoms in total. The van der Waals surface area contributed by atoms with E-state index in [4.69, 9.17) is 21.3 Å². The van der Waals surface area contributed by atoms with Gasteiger partial charge in [-0.25, -0.2) is 0 Å². The number of aliphatic hydroxyl groups excluding tert-OH is 6. The van der Waals surface area contributed by atoms with Crippen LogP contribution in [-0.4, -0.2) is 162 Å². The Balaban J connectivity index is 1.68. The molecule has 2 saturated heterocycles. The van der Waals surface area contributed by atoms with E-state index in [9.17, 15) is 59.4 Å². The molecule has 338 valence electrons. The molecule has 0 radical (unpaired) electrons. The number of nitrogens with one attached hydrogen (secondary N) is 6. The van der Waals surface area contributed by atoms with Gasteiger partial charge in [0.2, 0.25) is 0 Å². The molecule has 2 rings (SSSR count). The Labute approximate surface area is 370 Å². The van der Waals surface area contributed by atoms with Crippen LogP contribution in [-0.2, 0) is 34.8 Å². The zero-order valence-corrected chi connectivity index (χ0v) is 38.4. The van der Waals surface area contributed by atoms with Gasteiger partial charge in [0, 0.05) is 0 Å². The zero-order valence-electron chi connectivity index (χ0n) is 31.9. The van der Waals surface area contributed by atoms with Crippen LogP contribution in [0, 0.1) is 0 Å². The Bertz CT molecular complexity index is 1330. The van der Waals surface area contributed by atoms with Crippen LogP contribution < -0.4 is 79.1 Å². The fourth-order valence-electron chi connectivity index (χ4n) is 5.85. The molecule has 6 amide bonds. The number of nitrogens with two attached hydrogens (primary N) is 1. The minimum atomic E-state index is -1.65. The molecule has 26 heteroatoms. The Hall–Kier alpha value is -1.43. The van der Waals surface area contributed by atoms with Crippen LogP contribution in [0.5, 0.6) is 0 Å². The van der Waals surface area contributed by atoms with Crippen molar-refractivity contribution >= 4 is 54.3 Å². The predicted molar refractivity (Wildman–Crippen MR) is 199 cm³/mol. The van der Waals surface area contributed by atoms with E-state index in [0.29, 0.717) is 45.1 Å². The normalized spacial score (nSPS) is 28.2. The van der Waals surface area contributed by atoms with E-state index in [1.807, 2.05) is 0 Å². The van der Waals surface area contributed by atoms with Crippen molar-refractivity contribution in [3.8, 4) is 0 Å². The second-order valence-corrected chi connectivity index (χ2v) is 17.9. The van der Waals surface area contributed by atoms with Crippen LogP contribution in [0.15, 0.2) is 0 Å². The number of unbranched alkanes of at least 4 members (excludes halogenated alkanes) is 2. The van der Waals surface area contributed by atoms with E-state index >= 15 is 0 Å². The summed E-state index contributed by atoms with van der Waals surface area (Å²) in [5.41, 5.74) is 6.18. The van der Waals surface area contributed by atoms with Gasteiger partial charge in [0.15, 0.2) is 0 Å². The number of carbonyl (C=O) groups is 6. The van der Waals surface area contributed by atoms with Crippen molar-refractivity contribution in [2.45, 2.75) is 139 Å². The first-order valence-corrected chi connectivity index (χ1v) is 23.4. The third kappa shape index (κ3) is 19.1. The van der Waals surface area contributed by atoms with Gasteiger partial charge in [-0.3, -0.25) is 0 Å². The third-order valence-corrected chi connectivity index (χ3v) is 12.4. The third-order valence-electron chi connectivity index (χ3n) is 8.77. The standard InChI is InChI=1S/C32H56I3N7O16/c1-15(45)39-23-27(51)25(49)19(13-43)55-29(23)57-34-31(53)37-9-5-3-7-17(36)11-21(47)41-18(12-22(48)42-33)8-4-6-10-38-32(54)35-58-30-24(40-16(2)46)28(52)26(50)20(14-44)56-30/h17-20,23-30,43-44,49-52H,3-14,36H2,1-2H3,(H,37,53)(H,38,54)(H,39,45)(H,40,46)(H,41,47)(H,42,48)/q-2/t17?,18?,19-,20-,23-,24-,25+,26+,27-,28-,29+,30+/m1/s1.